The molecule has 92 valence electrons. The van der Waals surface area contributed by atoms with E-state index in [0.29, 0.717) is 18.2 Å². The summed E-state index contributed by atoms with van der Waals surface area (Å²) in [6.45, 7) is 4.16. The molecule has 5 nitrogen and oxygen atoms in total. The Labute approximate surface area is 105 Å². The van der Waals surface area contributed by atoms with Gasteiger partial charge in [0.1, 0.15) is 5.76 Å². The highest BCUT2D eigenvalue weighted by atomic mass is 32.2. The monoisotopic (exact) mass is 253 g/mol. The first-order valence-corrected chi connectivity index (χ1v) is 6.21. The summed E-state index contributed by atoms with van der Waals surface area (Å²) in [5.41, 5.74) is 0.845. The van der Waals surface area contributed by atoms with Gasteiger partial charge in [0.2, 0.25) is 5.91 Å². The van der Waals surface area contributed by atoms with Gasteiger partial charge in [-0.05, 0) is 13.8 Å². The molecule has 0 spiro atoms. The van der Waals surface area contributed by atoms with E-state index >= 15 is 0 Å². The molecule has 0 atom stereocenters. The Morgan fingerprint density at radius 1 is 1.59 bits per heavy atom. The summed E-state index contributed by atoms with van der Waals surface area (Å²) in [6.07, 6.45) is 0.351. The van der Waals surface area contributed by atoms with Gasteiger partial charge in [-0.1, -0.05) is 11.8 Å². The van der Waals surface area contributed by atoms with Crippen molar-refractivity contribution in [1.82, 2.24) is 9.88 Å². The van der Waals surface area contributed by atoms with Crippen LogP contribution in [0.1, 0.15) is 17.9 Å². The van der Waals surface area contributed by atoms with Crippen LogP contribution in [0.3, 0.4) is 0 Å². The fraction of sp³-hybridized carbons (Fsp3) is 0.545. The first-order chi connectivity index (χ1) is 8.04. The van der Waals surface area contributed by atoms with Gasteiger partial charge in [0.05, 0.1) is 23.9 Å². The Morgan fingerprint density at radius 2 is 2.29 bits per heavy atom. The number of aryl methyl sites for hydroxylation is 2. The minimum Gasteiger partial charge on any atom is -0.437 e. The molecule has 0 aromatic carbocycles. The standard InChI is InChI=1S/C11H15N3O2S/c1-8-9(2)16-11(13-8)17-7-10(15)14(3)6-4-5-12/h4,6-7H2,1-3H3. The van der Waals surface area contributed by atoms with Gasteiger partial charge in [0, 0.05) is 13.6 Å². The van der Waals surface area contributed by atoms with Crippen molar-refractivity contribution in [2.75, 3.05) is 19.3 Å². The molecule has 0 aliphatic rings. The highest BCUT2D eigenvalue weighted by Crippen LogP contribution is 2.20. The molecule has 0 fully saturated rings. The van der Waals surface area contributed by atoms with Crippen molar-refractivity contribution < 1.29 is 9.21 Å². The summed E-state index contributed by atoms with van der Waals surface area (Å²) in [4.78, 5) is 17.4. The zero-order valence-electron chi connectivity index (χ0n) is 10.2. The largest absolute Gasteiger partial charge is 0.437 e. The molecule has 1 aromatic rings. The predicted molar refractivity (Wildman–Crippen MR) is 64.6 cm³/mol. The van der Waals surface area contributed by atoms with Gasteiger partial charge in [-0.2, -0.15) is 5.26 Å². The number of carbonyl (C=O) groups is 1. The van der Waals surface area contributed by atoms with E-state index in [-0.39, 0.29) is 11.7 Å². The summed E-state index contributed by atoms with van der Waals surface area (Å²) in [5, 5.41) is 8.94. The lowest BCUT2D eigenvalue weighted by Gasteiger charge is -2.14. The third-order valence-corrected chi connectivity index (χ3v) is 3.13. The molecule has 1 amide bonds. The van der Waals surface area contributed by atoms with Gasteiger partial charge in [-0.15, -0.1) is 0 Å². The first kappa shape index (κ1) is 13.6. The fourth-order valence-electron chi connectivity index (χ4n) is 1.08. The third-order valence-electron chi connectivity index (χ3n) is 2.31. The van der Waals surface area contributed by atoms with Gasteiger partial charge in [-0.3, -0.25) is 4.79 Å². The summed E-state index contributed by atoms with van der Waals surface area (Å²) < 4.78 is 5.35. The van der Waals surface area contributed by atoms with Gasteiger partial charge in [0.25, 0.3) is 5.22 Å². The number of nitrogens with zero attached hydrogens (tertiary/aromatic N) is 3. The summed E-state index contributed by atoms with van der Waals surface area (Å²) in [7, 11) is 1.69. The van der Waals surface area contributed by atoms with Crippen LogP contribution in [-0.2, 0) is 4.79 Å². The lowest BCUT2D eigenvalue weighted by atomic mass is 10.4. The van der Waals surface area contributed by atoms with Crippen molar-refractivity contribution in [2.45, 2.75) is 25.5 Å². The smallest absolute Gasteiger partial charge is 0.256 e. The Hall–Kier alpha value is -1.48. The van der Waals surface area contributed by atoms with Gasteiger partial charge in [-0.25, -0.2) is 4.98 Å². The molecule has 6 heteroatoms. The lowest BCUT2D eigenvalue weighted by molar-refractivity contribution is -0.127. The van der Waals surface area contributed by atoms with Gasteiger partial charge >= 0.3 is 0 Å². The minimum absolute atomic E-state index is 0.0289. The number of rotatable bonds is 5. The molecule has 0 saturated carbocycles. The van der Waals surface area contributed by atoms with E-state index < -0.39 is 0 Å². The Bertz CT molecular complexity index is 417. The van der Waals surface area contributed by atoms with Crippen LogP contribution in [0.15, 0.2) is 9.64 Å². The van der Waals surface area contributed by atoms with E-state index in [1.807, 2.05) is 19.9 Å². The van der Waals surface area contributed by atoms with E-state index in [2.05, 4.69) is 4.98 Å². The average Bonchev–Trinajstić information content (AvgIpc) is 2.62. The lowest BCUT2D eigenvalue weighted by Crippen LogP contribution is -2.29. The number of hydrogen-bond donors (Lipinski definition) is 0. The van der Waals surface area contributed by atoms with Gasteiger partial charge in [0.15, 0.2) is 0 Å². The Balaban J connectivity index is 2.40. The molecule has 1 rings (SSSR count). The van der Waals surface area contributed by atoms with E-state index in [9.17, 15) is 4.79 Å². The topological polar surface area (TPSA) is 70.1 Å². The molecule has 0 saturated heterocycles. The van der Waals surface area contributed by atoms with Crippen LogP contribution in [0.25, 0.3) is 0 Å². The molecule has 0 aliphatic heterocycles. The average molecular weight is 253 g/mol. The predicted octanol–water partition coefficient (Wildman–Crippen LogP) is 1.76. The number of nitriles is 1. The Kier molecular flexibility index (Phi) is 5.04. The van der Waals surface area contributed by atoms with Crippen molar-refractivity contribution in [3.63, 3.8) is 0 Å². The summed E-state index contributed by atoms with van der Waals surface area (Å²) in [5.74, 6) is 1.03. The second-order valence-corrected chi connectivity index (χ2v) is 4.56. The van der Waals surface area contributed by atoms with Crippen molar-refractivity contribution in [3.05, 3.63) is 11.5 Å². The zero-order chi connectivity index (χ0) is 12.8. The van der Waals surface area contributed by atoms with E-state index in [0.717, 1.165) is 11.5 Å². The van der Waals surface area contributed by atoms with Crippen molar-refractivity contribution >= 4 is 17.7 Å². The van der Waals surface area contributed by atoms with Crippen LogP contribution in [0.4, 0.5) is 0 Å². The van der Waals surface area contributed by atoms with Crippen LogP contribution in [0.5, 0.6) is 0 Å². The summed E-state index contributed by atoms with van der Waals surface area (Å²) in [6, 6.07) is 2.01. The minimum atomic E-state index is -0.0289. The molecular weight excluding hydrogens is 238 g/mol. The molecule has 1 heterocycles. The first-order valence-electron chi connectivity index (χ1n) is 5.22. The normalized spacial score (nSPS) is 10.0. The summed E-state index contributed by atoms with van der Waals surface area (Å²) >= 11 is 1.27. The maximum absolute atomic E-state index is 11.6. The van der Waals surface area contributed by atoms with E-state index in [1.165, 1.54) is 11.8 Å². The van der Waals surface area contributed by atoms with E-state index in [1.54, 1.807) is 11.9 Å². The second kappa shape index (κ2) is 6.30. The zero-order valence-corrected chi connectivity index (χ0v) is 11.0. The number of hydrogen-bond acceptors (Lipinski definition) is 5. The van der Waals surface area contributed by atoms with Crippen LogP contribution in [-0.4, -0.2) is 35.1 Å². The highest BCUT2D eigenvalue weighted by molar-refractivity contribution is 7.99. The maximum Gasteiger partial charge on any atom is 0.256 e. The number of thioether (sulfide) groups is 1. The Morgan fingerprint density at radius 3 is 2.82 bits per heavy atom. The molecular formula is C11H15N3O2S. The molecule has 0 radical (unpaired) electrons. The van der Waals surface area contributed by atoms with Crippen LogP contribution in [0, 0.1) is 25.2 Å². The molecule has 1 aromatic heterocycles. The number of oxazole rings is 1. The van der Waals surface area contributed by atoms with Crippen molar-refractivity contribution in [1.29, 1.82) is 5.26 Å². The quantitative estimate of drug-likeness (QED) is 0.748. The molecule has 0 unspecified atom stereocenters. The molecule has 0 bridgehead atoms. The highest BCUT2D eigenvalue weighted by Gasteiger charge is 2.12. The molecule has 17 heavy (non-hydrogen) atoms. The molecule has 0 aliphatic carbocycles. The number of amides is 1. The third kappa shape index (κ3) is 4.11. The molecule has 0 N–H and O–H groups in total. The van der Waals surface area contributed by atoms with Crippen molar-refractivity contribution in [2.24, 2.45) is 0 Å². The van der Waals surface area contributed by atoms with Crippen LogP contribution in [0.2, 0.25) is 0 Å². The van der Waals surface area contributed by atoms with E-state index in [4.69, 9.17) is 9.68 Å². The number of aromatic nitrogens is 1. The van der Waals surface area contributed by atoms with Crippen LogP contribution < -0.4 is 0 Å². The van der Waals surface area contributed by atoms with Crippen molar-refractivity contribution in [3.8, 4) is 6.07 Å². The fourth-order valence-corrected chi connectivity index (χ4v) is 1.93. The number of carbonyl (C=O) groups excluding carboxylic acids is 1. The SMILES string of the molecule is Cc1nc(SCC(=O)N(C)CCC#N)oc1C. The van der Waals surface area contributed by atoms with Gasteiger partial charge < -0.3 is 9.32 Å². The second-order valence-electron chi connectivity index (χ2n) is 3.63. The van der Waals surface area contributed by atoms with Crippen LogP contribution >= 0.6 is 11.8 Å². The maximum atomic E-state index is 11.6.